The summed E-state index contributed by atoms with van der Waals surface area (Å²) in [6.45, 7) is 0.792. The van der Waals surface area contributed by atoms with Gasteiger partial charge in [-0.2, -0.15) is 0 Å². The molecule has 2 amide bonds. The van der Waals surface area contributed by atoms with Gasteiger partial charge >= 0.3 is 0 Å². The summed E-state index contributed by atoms with van der Waals surface area (Å²) >= 11 is 0. The number of anilines is 1. The van der Waals surface area contributed by atoms with Crippen molar-refractivity contribution in [2.24, 2.45) is 5.92 Å². The molecular weight excluding hydrogens is 323 g/mol. The number of para-hydroxylation sites is 1. The first kappa shape index (κ1) is 17.0. The summed E-state index contributed by atoms with van der Waals surface area (Å²) in [5.41, 5.74) is 0.871. The molecule has 130 valence electrons. The average molecular weight is 342 g/mol. The Hall–Kier alpha value is -2.89. The van der Waals surface area contributed by atoms with Gasteiger partial charge in [0.15, 0.2) is 6.61 Å². The van der Waals surface area contributed by atoms with Crippen LogP contribution in [-0.2, 0) is 9.59 Å². The van der Waals surface area contributed by atoms with Crippen LogP contribution in [0.25, 0.3) is 0 Å². The summed E-state index contributed by atoms with van der Waals surface area (Å²) in [5, 5.41) is 2.77. The standard InChI is InChI=1S/C19H19FN2O3/c20-15-5-4-8-17(10-15)25-13-18(23)21-11-14-9-19(24)22(12-14)16-6-2-1-3-7-16/h1-8,10,14H,9,11-13H2,(H,21,23). The number of rotatable bonds is 6. The highest BCUT2D eigenvalue weighted by atomic mass is 19.1. The Labute approximate surface area is 145 Å². The lowest BCUT2D eigenvalue weighted by molar-refractivity contribution is -0.123. The maximum absolute atomic E-state index is 13.0. The molecule has 1 atom stereocenters. The van der Waals surface area contributed by atoms with Crippen molar-refractivity contribution in [3.8, 4) is 5.75 Å². The van der Waals surface area contributed by atoms with Gasteiger partial charge in [-0.05, 0) is 24.3 Å². The number of nitrogens with one attached hydrogen (secondary N) is 1. The maximum atomic E-state index is 13.0. The molecule has 1 heterocycles. The van der Waals surface area contributed by atoms with Gasteiger partial charge in [-0.15, -0.1) is 0 Å². The number of halogens is 1. The van der Waals surface area contributed by atoms with E-state index in [4.69, 9.17) is 4.74 Å². The van der Waals surface area contributed by atoms with Crippen LogP contribution in [0.4, 0.5) is 10.1 Å². The van der Waals surface area contributed by atoms with E-state index in [1.807, 2.05) is 30.3 Å². The molecule has 2 aromatic rings. The highest BCUT2D eigenvalue weighted by Gasteiger charge is 2.30. The molecule has 1 fully saturated rings. The third kappa shape index (κ3) is 4.56. The van der Waals surface area contributed by atoms with Gasteiger partial charge in [-0.3, -0.25) is 9.59 Å². The third-order valence-corrected chi connectivity index (χ3v) is 4.03. The predicted octanol–water partition coefficient (Wildman–Crippen LogP) is 2.37. The first-order valence-corrected chi connectivity index (χ1v) is 8.12. The Morgan fingerprint density at radius 2 is 2.00 bits per heavy atom. The number of carbonyl (C=O) groups excluding carboxylic acids is 2. The van der Waals surface area contributed by atoms with Gasteiger partial charge in [0, 0.05) is 37.2 Å². The molecule has 1 unspecified atom stereocenters. The molecule has 1 saturated heterocycles. The SMILES string of the molecule is O=C(COc1cccc(F)c1)NCC1CC(=O)N(c2ccccc2)C1. The van der Waals surface area contributed by atoms with Crippen molar-refractivity contribution < 1.29 is 18.7 Å². The number of carbonyl (C=O) groups is 2. The van der Waals surface area contributed by atoms with Crippen LogP contribution in [0.3, 0.4) is 0 Å². The van der Waals surface area contributed by atoms with E-state index in [0.29, 0.717) is 25.3 Å². The van der Waals surface area contributed by atoms with E-state index >= 15 is 0 Å². The Morgan fingerprint density at radius 3 is 2.76 bits per heavy atom. The van der Waals surface area contributed by atoms with Gasteiger partial charge < -0.3 is 15.0 Å². The minimum absolute atomic E-state index is 0.0569. The van der Waals surface area contributed by atoms with E-state index in [9.17, 15) is 14.0 Å². The second-order valence-electron chi connectivity index (χ2n) is 5.96. The normalized spacial score (nSPS) is 16.8. The molecule has 6 heteroatoms. The topological polar surface area (TPSA) is 58.6 Å². The highest BCUT2D eigenvalue weighted by molar-refractivity contribution is 5.95. The molecule has 1 N–H and O–H groups in total. The molecule has 0 bridgehead atoms. The minimum atomic E-state index is -0.414. The largest absolute Gasteiger partial charge is 0.484 e. The van der Waals surface area contributed by atoms with E-state index in [1.165, 1.54) is 18.2 Å². The third-order valence-electron chi connectivity index (χ3n) is 4.03. The summed E-state index contributed by atoms with van der Waals surface area (Å²) in [5.74, 6) is -0.285. The number of hydrogen-bond donors (Lipinski definition) is 1. The Morgan fingerprint density at radius 1 is 1.20 bits per heavy atom. The summed E-state index contributed by atoms with van der Waals surface area (Å²) in [6.07, 6.45) is 0.403. The Kier molecular flexibility index (Phi) is 5.28. The van der Waals surface area contributed by atoms with Crippen molar-refractivity contribution in [2.45, 2.75) is 6.42 Å². The Balaban J connectivity index is 1.44. The molecule has 1 aliphatic rings. The van der Waals surface area contributed by atoms with Crippen LogP contribution in [-0.4, -0.2) is 31.5 Å². The highest BCUT2D eigenvalue weighted by Crippen LogP contribution is 2.24. The molecule has 3 rings (SSSR count). The summed E-state index contributed by atoms with van der Waals surface area (Å²) in [6, 6.07) is 15.1. The van der Waals surface area contributed by atoms with E-state index in [-0.39, 0.29) is 24.3 Å². The lowest BCUT2D eigenvalue weighted by Gasteiger charge is -2.17. The van der Waals surface area contributed by atoms with Crippen LogP contribution in [0, 0.1) is 11.7 Å². The maximum Gasteiger partial charge on any atom is 0.257 e. The predicted molar refractivity (Wildman–Crippen MR) is 91.8 cm³/mol. The fourth-order valence-corrected chi connectivity index (χ4v) is 2.79. The lowest BCUT2D eigenvalue weighted by Crippen LogP contribution is -2.34. The molecule has 0 saturated carbocycles. The number of amides is 2. The molecule has 0 radical (unpaired) electrons. The zero-order valence-electron chi connectivity index (χ0n) is 13.7. The van der Waals surface area contributed by atoms with Gasteiger partial charge in [0.25, 0.3) is 5.91 Å². The smallest absolute Gasteiger partial charge is 0.257 e. The van der Waals surface area contributed by atoms with Crippen molar-refractivity contribution in [1.29, 1.82) is 0 Å². The molecule has 25 heavy (non-hydrogen) atoms. The minimum Gasteiger partial charge on any atom is -0.484 e. The number of nitrogens with zero attached hydrogens (tertiary/aromatic N) is 1. The van der Waals surface area contributed by atoms with E-state index in [2.05, 4.69) is 5.32 Å². The van der Waals surface area contributed by atoms with Crippen molar-refractivity contribution in [2.75, 3.05) is 24.6 Å². The molecule has 1 aliphatic heterocycles. The monoisotopic (exact) mass is 342 g/mol. The van der Waals surface area contributed by atoms with Crippen LogP contribution >= 0.6 is 0 Å². The molecular formula is C19H19FN2O3. The van der Waals surface area contributed by atoms with Crippen LogP contribution in [0.5, 0.6) is 5.75 Å². The second-order valence-corrected chi connectivity index (χ2v) is 5.96. The lowest BCUT2D eigenvalue weighted by atomic mass is 10.1. The fraction of sp³-hybridized carbons (Fsp3) is 0.263. The zero-order chi connectivity index (χ0) is 17.6. The number of benzene rings is 2. The fourth-order valence-electron chi connectivity index (χ4n) is 2.79. The van der Waals surface area contributed by atoms with Crippen molar-refractivity contribution in [3.05, 3.63) is 60.4 Å². The van der Waals surface area contributed by atoms with Gasteiger partial charge in [-0.25, -0.2) is 4.39 Å². The molecule has 0 aromatic heterocycles. The molecule has 5 nitrogen and oxygen atoms in total. The zero-order valence-corrected chi connectivity index (χ0v) is 13.7. The quantitative estimate of drug-likeness (QED) is 0.877. The van der Waals surface area contributed by atoms with Crippen LogP contribution in [0.1, 0.15) is 6.42 Å². The molecule has 0 aliphatic carbocycles. The summed E-state index contributed by atoms with van der Waals surface area (Å²) in [4.78, 5) is 25.7. The van der Waals surface area contributed by atoms with E-state index in [1.54, 1.807) is 11.0 Å². The van der Waals surface area contributed by atoms with Gasteiger partial charge in [0.05, 0.1) is 0 Å². The summed E-state index contributed by atoms with van der Waals surface area (Å²) in [7, 11) is 0. The average Bonchev–Trinajstić information content (AvgIpc) is 3.00. The summed E-state index contributed by atoms with van der Waals surface area (Å²) < 4.78 is 18.3. The van der Waals surface area contributed by atoms with E-state index in [0.717, 1.165) is 5.69 Å². The van der Waals surface area contributed by atoms with Crippen LogP contribution < -0.4 is 15.0 Å². The van der Waals surface area contributed by atoms with Crippen molar-refractivity contribution in [1.82, 2.24) is 5.32 Å². The number of ether oxygens (including phenoxy) is 1. The van der Waals surface area contributed by atoms with Gasteiger partial charge in [0.2, 0.25) is 5.91 Å². The van der Waals surface area contributed by atoms with Crippen molar-refractivity contribution in [3.63, 3.8) is 0 Å². The van der Waals surface area contributed by atoms with Crippen molar-refractivity contribution >= 4 is 17.5 Å². The number of hydrogen-bond acceptors (Lipinski definition) is 3. The second kappa shape index (κ2) is 7.79. The first-order chi connectivity index (χ1) is 12.1. The van der Waals surface area contributed by atoms with Crippen LogP contribution in [0.15, 0.2) is 54.6 Å². The molecule has 0 spiro atoms. The Bertz CT molecular complexity index is 751. The van der Waals surface area contributed by atoms with E-state index < -0.39 is 5.82 Å². The van der Waals surface area contributed by atoms with Gasteiger partial charge in [-0.1, -0.05) is 24.3 Å². The van der Waals surface area contributed by atoms with Crippen LogP contribution in [0.2, 0.25) is 0 Å². The molecule has 2 aromatic carbocycles. The first-order valence-electron chi connectivity index (χ1n) is 8.12. The van der Waals surface area contributed by atoms with Gasteiger partial charge in [0.1, 0.15) is 11.6 Å².